The third-order valence-electron chi connectivity index (χ3n) is 4.61. The number of carbonyl (C=O) groups excluding carboxylic acids is 1. The number of aromatic nitrogens is 2. The topological polar surface area (TPSA) is 55.6 Å². The average molecular weight is 408 g/mol. The largest absolute Gasteiger partial charge is 0.457 e. The van der Waals surface area contributed by atoms with Gasteiger partial charge >= 0.3 is 0 Å². The molecule has 0 radical (unpaired) electrons. The van der Waals surface area contributed by atoms with E-state index in [0.29, 0.717) is 10.8 Å². The molecule has 1 aliphatic heterocycles. The number of imidazole rings is 1. The quantitative estimate of drug-likeness (QED) is 0.482. The van der Waals surface area contributed by atoms with E-state index in [2.05, 4.69) is 10.3 Å². The standard InChI is InChI=1S/C21H14ClN3O2S/c22-20-15(25-11-12-28-21(25)24-20)9-10-18(26)23-19-13-5-1-3-7-16(13)27-17-8-4-2-6-14(17)19/h1-12,19H,(H,23,26)/b10-9+. The smallest absolute Gasteiger partial charge is 0.244 e. The van der Waals surface area contributed by atoms with Crippen LogP contribution >= 0.6 is 22.9 Å². The number of hydrogen-bond donors (Lipinski definition) is 1. The Kier molecular flexibility index (Phi) is 4.15. The Morgan fingerprint density at radius 3 is 2.54 bits per heavy atom. The van der Waals surface area contributed by atoms with Crippen molar-refractivity contribution >= 4 is 39.9 Å². The second-order valence-electron chi connectivity index (χ2n) is 6.30. The van der Waals surface area contributed by atoms with Crippen molar-refractivity contribution in [3.8, 4) is 11.5 Å². The fourth-order valence-corrected chi connectivity index (χ4v) is 4.34. The molecule has 0 spiro atoms. The van der Waals surface area contributed by atoms with Crippen molar-refractivity contribution in [3.05, 3.63) is 88.2 Å². The minimum Gasteiger partial charge on any atom is -0.457 e. The van der Waals surface area contributed by atoms with Crippen molar-refractivity contribution in [2.45, 2.75) is 6.04 Å². The van der Waals surface area contributed by atoms with Crippen LogP contribution in [0.5, 0.6) is 11.5 Å². The summed E-state index contributed by atoms with van der Waals surface area (Å²) in [5, 5.41) is 5.37. The van der Waals surface area contributed by atoms with Gasteiger partial charge in [-0.05, 0) is 18.2 Å². The number of halogens is 1. The molecule has 138 valence electrons. The Hall–Kier alpha value is -3.09. The average Bonchev–Trinajstić information content (AvgIpc) is 3.27. The first-order chi connectivity index (χ1) is 13.7. The SMILES string of the molecule is O=C(/C=C/c1c(Cl)nc2sccn12)NC1c2ccccc2Oc2ccccc21. The van der Waals surface area contributed by atoms with E-state index >= 15 is 0 Å². The molecule has 5 rings (SSSR count). The van der Waals surface area contributed by atoms with Gasteiger partial charge in [0.05, 0.1) is 11.7 Å². The molecule has 5 nitrogen and oxygen atoms in total. The highest BCUT2D eigenvalue weighted by molar-refractivity contribution is 7.15. The van der Waals surface area contributed by atoms with Crippen molar-refractivity contribution in [1.29, 1.82) is 0 Å². The first kappa shape index (κ1) is 17.0. The third kappa shape index (κ3) is 2.87. The summed E-state index contributed by atoms with van der Waals surface area (Å²) in [5.41, 5.74) is 2.52. The number of amides is 1. The van der Waals surface area contributed by atoms with E-state index in [1.807, 2.05) is 64.5 Å². The summed E-state index contributed by atoms with van der Waals surface area (Å²) in [6.45, 7) is 0. The van der Waals surface area contributed by atoms with Crippen LogP contribution in [0.15, 0.2) is 66.2 Å². The van der Waals surface area contributed by atoms with Crippen LogP contribution in [0, 0.1) is 0 Å². The van der Waals surface area contributed by atoms with Gasteiger partial charge in [0, 0.05) is 28.8 Å². The van der Waals surface area contributed by atoms with Gasteiger partial charge in [-0.2, -0.15) is 0 Å². The molecular formula is C21H14ClN3O2S. The lowest BCUT2D eigenvalue weighted by molar-refractivity contribution is -0.116. The molecule has 7 heteroatoms. The summed E-state index contributed by atoms with van der Waals surface area (Å²) in [6.07, 6.45) is 5.04. The predicted octanol–water partition coefficient (Wildman–Crippen LogP) is 5.07. The van der Waals surface area contributed by atoms with Gasteiger partial charge in [-0.15, -0.1) is 11.3 Å². The van der Waals surface area contributed by atoms with E-state index < -0.39 is 0 Å². The number of nitrogens with zero attached hydrogens (tertiary/aromatic N) is 2. The number of hydrogen-bond acceptors (Lipinski definition) is 4. The van der Waals surface area contributed by atoms with E-state index in [0.717, 1.165) is 27.6 Å². The van der Waals surface area contributed by atoms with Crippen molar-refractivity contribution in [1.82, 2.24) is 14.7 Å². The Morgan fingerprint density at radius 2 is 1.82 bits per heavy atom. The molecule has 0 aliphatic carbocycles. The number of rotatable bonds is 3. The summed E-state index contributed by atoms with van der Waals surface area (Å²) >= 11 is 7.68. The second-order valence-corrected chi connectivity index (χ2v) is 7.53. The molecule has 0 bridgehead atoms. The van der Waals surface area contributed by atoms with Gasteiger partial charge in [-0.3, -0.25) is 9.20 Å². The summed E-state index contributed by atoms with van der Waals surface area (Å²) in [6, 6.07) is 15.1. The van der Waals surface area contributed by atoms with E-state index in [9.17, 15) is 4.79 Å². The molecule has 3 heterocycles. The summed E-state index contributed by atoms with van der Waals surface area (Å²) in [5.74, 6) is 1.27. The van der Waals surface area contributed by atoms with Gasteiger partial charge in [0.1, 0.15) is 11.5 Å². The maximum Gasteiger partial charge on any atom is 0.244 e. The highest BCUT2D eigenvalue weighted by atomic mass is 35.5. The maximum atomic E-state index is 12.7. The molecule has 1 N–H and O–H groups in total. The lowest BCUT2D eigenvalue weighted by Crippen LogP contribution is -2.29. The van der Waals surface area contributed by atoms with E-state index in [1.165, 1.54) is 17.4 Å². The number of nitrogens with one attached hydrogen (secondary N) is 1. The molecule has 4 aromatic rings. The molecule has 2 aromatic carbocycles. The highest BCUT2D eigenvalue weighted by Crippen LogP contribution is 2.42. The third-order valence-corrected chi connectivity index (χ3v) is 5.65. The summed E-state index contributed by atoms with van der Waals surface area (Å²) in [7, 11) is 0. The maximum absolute atomic E-state index is 12.7. The van der Waals surface area contributed by atoms with E-state index in [1.54, 1.807) is 6.08 Å². The van der Waals surface area contributed by atoms with Crippen LogP contribution in [-0.4, -0.2) is 15.3 Å². The number of ether oxygens (including phenoxy) is 1. The molecule has 0 unspecified atom stereocenters. The molecule has 0 saturated heterocycles. The van der Waals surface area contributed by atoms with E-state index in [-0.39, 0.29) is 11.9 Å². The first-order valence-corrected chi connectivity index (χ1v) is 9.92. The van der Waals surface area contributed by atoms with Gasteiger partial charge in [0.15, 0.2) is 10.1 Å². The van der Waals surface area contributed by atoms with Crippen molar-refractivity contribution in [3.63, 3.8) is 0 Å². The van der Waals surface area contributed by atoms with E-state index in [4.69, 9.17) is 16.3 Å². The molecule has 28 heavy (non-hydrogen) atoms. The lowest BCUT2D eigenvalue weighted by Gasteiger charge is -2.28. The molecular weight excluding hydrogens is 394 g/mol. The molecule has 1 aliphatic rings. The second kappa shape index (κ2) is 6.82. The summed E-state index contributed by atoms with van der Waals surface area (Å²) < 4.78 is 7.82. The van der Waals surface area contributed by atoms with Gasteiger partial charge < -0.3 is 10.1 Å². The molecule has 1 amide bonds. The molecule has 0 atom stereocenters. The van der Waals surface area contributed by atoms with Crippen LogP contribution in [0.3, 0.4) is 0 Å². The van der Waals surface area contributed by atoms with Gasteiger partial charge in [0.25, 0.3) is 0 Å². The van der Waals surface area contributed by atoms with Crippen LogP contribution in [0.25, 0.3) is 11.0 Å². The van der Waals surface area contributed by atoms with Crippen LogP contribution in [0.4, 0.5) is 0 Å². The molecule has 2 aromatic heterocycles. The fourth-order valence-electron chi connectivity index (χ4n) is 3.34. The van der Waals surface area contributed by atoms with Crippen LogP contribution in [0.2, 0.25) is 5.15 Å². The number of thiazole rings is 1. The Labute approximate surface area is 169 Å². The number of para-hydroxylation sites is 2. The van der Waals surface area contributed by atoms with Gasteiger partial charge in [-0.25, -0.2) is 4.98 Å². The van der Waals surface area contributed by atoms with Crippen molar-refractivity contribution in [2.24, 2.45) is 0 Å². The Morgan fingerprint density at radius 1 is 1.14 bits per heavy atom. The number of benzene rings is 2. The monoisotopic (exact) mass is 407 g/mol. The molecule has 0 saturated carbocycles. The Balaban J connectivity index is 1.45. The van der Waals surface area contributed by atoms with Gasteiger partial charge in [-0.1, -0.05) is 48.0 Å². The zero-order chi connectivity index (χ0) is 19.1. The number of fused-ring (bicyclic) bond motifs is 3. The highest BCUT2D eigenvalue weighted by Gasteiger charge is 2.27. The zero-order valence-corrected chi connectivity index (χ0v) is 16.1. The normalized spacial score (nSPS) is 13.3. The number of carbonyl (C=O) groups is 1. The van der Waals surface area contributed by atoms with Crippen molar-refractivity contribution < 1.29 is 9.53 Å². The zero-order valence-electron chi connectivity index (χ0n) is 14.5. The van der Waals surface area contributed by atoms with Gasteiger partial charge in [0.2, 0.25) is 5.91 Å². The summed E-state index contributed by atoms with van der Waals surface area (Å²) in [4.78, 5) is 17.8. The van der Waals surface area contributed by atoms with Crippen LogP contribution < -0.4 is 10.1 Å². The van der Waals surface area contributed by atoms with Crippen molar-refractivity contribution in [2.75, 3.05) is 0 Å². The fraction of sp³-hybridized carbons (Fsp3) is 0.0476. The Bertz CT molecular complexity index is 1180. The first-order valence-electron chi connectivity index (χ1n) is 8.66. The lowest BCUT2D eigenvalue weighted by atomic mass is 9.94. The minimum atomic E-state index is -0.291. The van der Waals surface area contributed by atoms with Crippen LogP contribution in [-0.2, 0) is 4.79 Å². The van der Waals surface area contributed by atoms with Crippen LogP contribution in [0.1, 0.15) is 22.9 Å². The predicted molar refractivity (Wildman–Crippen MR) is 110 cm³/mol. The molecule has 0 fully saturated rings. The minimum absolute atomic E-state index is 0.224.